The van der Waals surface area contributed by atoms with Gasteiger partial charge in [0.15, 0.2) is 6.61 Å². The standard InChI is InChI=1S/C20H24N2O4/c21-13-5-4-8-18(20(24)25)22-19(23)14-26-17-11-9-16(10-12-17)15-6-2-1-3-7-15/h1-3,6-7,9-12,18H,4-5,8,13-14,21H2,(H,22,23)(H,24,25)/t18-/m0/s1. The molecule has 0 saturated heterocycles. The summed E-state index contributed by atoms with van der Waals surface area (Å²) in [5, 5.41) is 11.6. The molecule has 6 heteroatoms. The van der Waals surface area contributed by atoms with Crippen LogP contribution >= 0.6 is 0 Å². The number of benzene rings is 2. The van der Waals surface area contributed by atoms with E-state index in [2.05, 4.69) is 5.32 Å². The summed E-state index contributed by atoms with van der Waals surface area (Å²) in [6.07, 6.45) is 1.73. The molecule has 2 aromatic carbocycles. The van der Waals surface area contributed by atoms with Crippen molar-refractivity contribution < 1.29 is 19.4 Å². The van der Waals surface area contributed by atoms with E-state index in [0.717, 1.165) is 17.5 Å². The van der Waals surface area contributed by atoms with Crippen molar-refractivity contribution >= 4 is 11.9 Å². The molecule has 6 nitrogen and oxygen atoms in total. The fraction of sp³-hybridized carbons (Fsp3) is 0.300. The zero-order valence-corrected chi connectivity index (χ0v) is 14.6. The summed E-state index contributed by atoms with van der Waals surface area (Å²) in [6, 6.07) is 16.4. The lowest BCUT2D eigenvalue weighted by atomic mass is 10.1. The Morgan fingerprint density at radius 3 is 2.27 bits per heavy atom. The van der Waals surface area contributed by atoms with Crippen molar-refractivity contribution in [2.45, 2.75) is 25.3 Å². The number of unbranched alkanes of at least 4 members (excludes halogenated alkanes) is 1. The van der Waals surface area contributed by atoms with E-state index in [9.17, 15) is 9.59 Å². The first-order chi connectivity index (χ1) is 12.6. The quantitative estimate of drug-likeness (QED) is 0.568. The van der Waals surface area contributed by atoms with E-state index in [1.807, 2.05) is 42.5 Å². The normalized spacial score (nSPS) is 11.6. The molecule has 4 N–H and O–H groups in total. The number of aliphatic carboxylic acids is 1. The Bertz CT molecular complexity index is 702. The van der Waals surface area contributed by atoms with Crippen molar-refractivity contribution in [2.75, 3.05) is 13.2 Å². The average Bonchev–Trinajstić information content (AvgIpc) is 2.66. The lowest BCUT2D eigenvalue weighted by Gasteiger charge is -2.14. The summed E-state index contributed by atoms with van der Waals surface area (Å²) in [5.74, 6) is -0.963. The van der Waals surface area contributed by atoms with Gasteiger partial charge in [-0.2, -0.15) is 0 Å². The van der Waals surface area contributed by atoms with Gasteiger partial charge in [0.25, 0.3) is 5.91 Å². The summed E-state index contributed by atoms with van der Waals surface area (Å²) in [5.41, 5.74) is 7.54. The van der Waals surface area contributed by atoms with Crippen molar-refractivity contribution in [1.29, 1.82) is 0 Å². The van der Waals surface area contributed by atoms with Gasteiger partial charge in [0, 0.05) is 0 Å². The third-order valence-corrected chi connectivity index (χ3v) is 3.91. The molecule has 0 bridgehead atoms. The maximum Gasteiger partial charge on any atom is 0.326 e. The smallest absolute Gasteiger partial charge is 0.326 e. The first-order valence-electron chi connectivity index (χ1n) is 8.60. The fourth-order valence-electron chi connectivity index (χ4n) is 2.51. The highest BCUT2D eigenvalue weighted by Crippen LogP contribution is 2.21. The molecular weight excluding hydrogens is 332 g/mol. The van der Waals surface area contributed by atoms with Crippen LogP contribution in [0, 0.1) is 0 Å². The van der Waals surface area contributed by atoms with E-state index < -0.39 is 17.9 Å². The molecule has 0 aliphatic carbocycles. The first kappa shape index (κ1) is 19.5. The van der Waals surface area contributed by atoms with Gasteiger partial charge >= 0.3 is 5.97 Å². The Morgan fingerprint density at radius 2 is 1.65 bits per heavy atom. The van der Waals surface area contributed by atoms with Gasteiger partial charge in [-0.05, 0) is 49.1 Å². The topological polar surface area (TPSA) is 102 Å². The van der Waals surface area contributed by atoms with Crippen LogP contribution in [0.15, 0.2) is 54.6 Å². The number of ether oxygens (including phenoxy) is 1. The maximum atomic E-state index is 11.9. The van der Waals surface area contributed by atoms with Gasteiger partial charge in [-0.3, -0.25) is 4.79 Å². The monoisotopic (exact) mass is 356 g/mol. The molecule has 2 aromatic rings. The number of rotatable bonds is 10. The minimum Gasteiger partial charge on any atom is -0.484 e. The summed E-state index contributed by atoms with van der Waals surface area (Å²) in [4.78, 5) is 23.1. The highest BCUT2D eigenvalue weighted by Gasteiger charge is 2.19. The minimum atomic E-state index is -1.05. The van der Waals surface area contributed by atoms with Crippen molar-refractivity contribution in [2.24, 2.45) is 5.73 Å². The fourth-order valence-corrected chi connectivity index (χ4v) is 2.51. The Labute approximate surface area is 153 Å². The highest BCUT2D eigenvalue weighted by molar-refractivity contribution is 5.84. The molecule has 0 spiro atoms. The number of nitrogens with one attached hydrogen (secondary N) is 1. The molecule has 138 valence electrons. The van der Waals surface area contributed by atoms with Crippen LogP contribution in [0.4, 0.5) is 0 Å². The second kappa shape index (κ2) is 10.2. The molecule has 2 rings (SSSR count). The van der Waals surface area contributed by atoms with Crippen molar-refractivity contribution in [3.8, 4) is 16.9 Å². The van der Waals surface area contributed by atoms with Gasteiger partial charge in [-0.1, -0.05) is 42.5 Å². The molecule has 0 saturated carbocycles. The number of carboxylic acids is 1. The van der Waals surface area contributed by atoms with Gasteiger partial charge in [0.05, 0.1) is 0 Å². The highest BCUT2D eigenvalue weighted by atomic mass is 16.5. The van der Waals surface area contributed by atoms with Gasteiger partial charge in [0.2, 0.25) is 0 Å². The molecule has 0 aliphatic heterocycles. The van der Waals surface area contributed by atoms with E-state index in [1.54, 1.807) is 12.1 Å². The Balaban J connectivity index is 1.83. The van der Waals surface area contributed by atoms with E-state index >= 15 is 0 Å². The van der Waals surface area contributed by atoms with E-state index in [-0.39, 0.29) is 6.61 Å². The van der Waals surface area contributed by atoms with E-state index in [1.165, 1.54) is 0 Å². The number of carbonyl (C=O) groups is 2. The molecule has 0 unspecified atom stereocenters. The molecule has 0 heterocycles. The Kier molecular flexibility index (Phi) is 7.64. The van der Waals surface area contributed by atoms with Crippen molar-refractivity contribution in [1.82, 2.24) is 5.32 Å². The Morgan fingerprint density at radius 1 is 1.00 bits per heavy atom. The zero-order valence-electron chi connectivity index (χ0n) is 14.6. The molecule has 0 radical (unpaired) electrons. The summed E-state index contributed by atoms with van der Waals surface area (Å²) >= 11 is 0. The second-order valence-corrected chi connectivity index (χ2v) is 5.92. The number of hydrogen-bond donors (Lipinski definition) is 3. The number of amides is 1. The largest absolute Gasteiger partial charge is 0.484 e. The number of carbonyl (C=O) groups excluding carboxylic acids is 1. The van der Waals surface area contributed by atoms with Crippen LogP contribution in [-0.4, -0.2) is 36.2 Å². The lowest BCUT2D eigenvalue weighted by molar-refractivity contribution is -0.142. The molecule has 1 atom stereocenters. The van der Waals surface area contributed by atoms with Crippen molar-refractivity contribution in [3.05, 3.63) is 54.6 Å². The van der Waals surface area contributed by atoms with Gasteiger partial charge in [0.1, 0.15) is 11.8 Å². The Hall–Kier alpha value is -2.86. The zero-order chi connectivity index (χ0) is 18.8. The lowest BCUT2D eigenvalue weighted by Crippen LogP contribution is -2.43. The van der Waals surface area contributed by atoms with Crippen LogP contribution in [0.2, 0.25) is 0 Å². The molecule has 26 heavy (non-hydrogen) atoms. The SMILES string of the molecule is NCCCC[C@H](NC(=O)COc1ccc(-c2ccccc2)cc1)C(=O)O. The molecular formula is C20H24N2O4. The first-order valence-corrected chi connectivity index (χ1v) is 8.60. The van der Waals surface area contributed by atoms with Crippen LogP contribution in [0.25, 0.3) is 11.1 Å². The third kappa shape index (κ3) is 6.22. The van der Waals surface area contributed by atoms with Crippen LogP contribution in [0.5, 0.6) is 5.75 Å². The van der Waals surface area contributed by atoms with E-state index in [0.29, 0.717) is 25.1 Å². The van der Waals surface area contributed by atoms with Crippen LogP contribution in [0.3, 0.4) is 0 Å². The molecule has 0 fully saturated rings. The number of carboxylic acid groups (broad SMARTS) is 1. The van der Waals surface area contributed by atoms with Gasteiger partial charge < -0.3 is 20.9 Å². The maximum absolute atomic E-state index is 11.9. The number of hydrogen-bond acceptors (Lipinski definition) is 4. The predicted molar refractivity (Wildman–Crippen MR) is 99.8 cm³/mol. The minimum absolute atomic E-state index is 0.231. The van der Waals surface area contributed by atoms with Gasteiger partial charge in [-0.15, -0.1) is 0 Å². The van der Waals surface area contributed by atoms with Crippen molar-refractivity contribution in [3.63, 3.8) is 0 Å². The van der Waals surface area contributed by atoms with Gasteiger partial charge in [-0.25, -0.2) is 4.79 Å². The predicted octanol–water partition coefficient (Wildman–Crippen LogP) is 2.43. The van der Waals surface area contributed by atoms with Crippen LogP contribution in [0.1, 0.15) is 19.3 Å². The molecule has 0 aromatic heterocycles. The average molecular weight is 356 g/mol. The molecule has 0 aliphatic rings. The third-order valence-electron chi connectivity index (χ3n) is 3.91. The summed E-state index contributed by atoms with van der Waals surface area (Å²) < 4.78 is 5.44. The molecule has 1 amide bonds. The van der Waals surface area contributed by atoms with Crippen LogP contribution < -0.4 is 15.8 Å². The van der Waals surface area contributed by atoms with Crippen LogP contribution in [-0.2, 0) is 9.59 Å². The van der Waals surface area contributed by atoms with E-state index in [4.69, 9.17) is 15.6 Å². The summed E-state index contributed by atoms with van der Waals surface area (Å²) in [6.45, 7) is 0.272. The second-order valence-electron chi connectivity index (χ2n) is 5.92. The number of nitrogens with two attached hydrogens (primary N) is 1. The summed E-state index contributed by atoms with van der Waals surface area (Å²) in [7, 11) is 0.